The van der Waals surface area contributed by atoms with Crippen LogP contribution in [0, 0.1) is 11.3 Å². The van der Waals surface area contributed by atoms with Crippen LogP contribution < -0.4 is 5.32 Å². The molecule has 11 atom stereocenters. The standard InChI is InChI=1S/C44H55N3O11/c1-43(2,3)57-35(49)18-16-30(24-48)45-40(50)31(20-26-9-6-5-7-10-26)46(4)42(52)44-22-34-36-37(54-25-53-36)39(44)58-47(38(44)41(51)56-34)23-29-12-8-11-27(19-29)13-14-28-15-17-32-33(21-28)55-32/h5-14,19,28,30-34,36-39,48H,15-18,20-25H2,1-4H3,(H,45,50). The lowest BCUT2D eigenvalue weighted by Crippen LogP contribution is -2.70. The van der Waals surface area contributed by atoms with E-state index in [0.29, 0.717) is 18.1 Å². The second-order valence-electron chi connectivity index (χ2n) is 17.6. The Morgan fingerprint density at radius 3 is 2.57 bits per heavy atom. The van der Waals surface area contributed by atoms with Crippen LogP contribution in [-0.2, 0) is 60.7 Å². The predicted octanol–water partition coefficient (Wildman–Crippen LogP) is 3.48. The van der Waals surface area contributed by atoms with Crippen molar-refractivity contribution in [3.05, 3.63) is 77.4 Å². The Morgan fingerprint density at radius 1 is 1.03 bits per heavy atom. The molecule has 6 aliphatic rings. The molecule has 11 unspecified atom stereocenters. The summed E-state index contributed by atoms with van der Waals surface area (Å²) in [4.78, 5) is 64.4. The normalized spacial score (nSPS) is 32.1. The number of aliphatic hydroxyl groups excluding tert-OH is 1. The van der Waals surface area contributed by atoms with Gasteiger partial charge in [0.1, 0.15) is 48.3 Å². The third-order valence-corrected chi connectivity index (χ3v) is 12.4. The van der Waals surface area contributed by atoms with Crippen LogP contribution in [0.25, 0.3) is 6.08 Å². The largest absolute Gasteiger partial charge is 0.460 e. The number of carbonyl (C=O) groups is 4. The number of nitrogens with one attached hydrogen (secondary N) is 1. The molecule has 4 heterocycles. The van der Waals surface area contributed by atoms with Crippen LogP contribution in [0.15, 0.2) is 60.7 Å². The molecular weight excluding hydrogens is 746 g/mol. The summed E-state index contributed by atoms with van der Waals surface area (Å²) in [7, 11) is 1.56. The van der Waals surface area contributed by atoms with Crippen molar-refractivity contribution in [3.63, 3.8) is 0 Å². The van der Waals surface area contributed by atoms with Crippen molar-refractivity contribution in [1.29, 1.82) is 0 Å². The van der Waals surface area contributed by atoms with Crippen LogP contribution in [0.2, 0.25) is 0 Å². The van der Waals surface area contributed by atoms with E-state index in [1.807, 2.05) is 48.5 Å². The number of hydrogen-bond acceptors (Lipinski definition) is 12. The van der Waals surface area contributed by atoms with Crippen LogP contribution in [0.4, 0.5) is 0 Å². The molecule has 2 amide bonds. The highest BCUT2D eigenvalue weighted by molar-refractivity contribution is 5.96. The van der Waals surface area contributed by atoms with Crippen molar-refractivity contribution >= 4 is 29.8 Å². The van der Waals surface area contributed by atoms with E-state index in [4.69, 9.17) is 28.5 Å². The van der Waals surface area contributed by atoms with Gasteiger partial charge >= 0.3 is 11.9 Å². The lowest BCUT2D eigenvalue weighted by Gasteiger charge is -2.50. The van der Waals surface area contributed by atoms with E-state index in [1.54, 1.807) is 32.9 Å². The maximum atomic E-state index is 15.4. The number of epoxide rings is 1. The highest BCUT2D eigenvalue weighted by atomic mass is 16.8. The second kappa shape index (κ2) is 16.5. The van der Waals surface area contributed by atoms with Gasteiger partial charge < -0.3 is 39.0 Å². The number of allylic oxidation sites excluding steroid dienone is 1. The zero-order valence-electron chi connectivity index (χ0n) is 33.6. The maximum Gasteiger partial charge on any atom is 0.327 e. The molecule has 2 aromatic carbocycles. The molecule has 2 N–H and O–H groups in total. The number of ether oxygens (including phenoxy) is 5. The third kappa shape index (κ3) is 8.32. The van der Waals surface area contributed by atoms with Crippen molar-refractivity contribution < 1.29 is 52.8 Å². The summed E-state index contributed by atoms with van der Waals surface area (Å²) in [6.45, 7) is 5.03. The molecule has 6 fully saturated rings. The number of carbonyl (C=O) groups excluding carboxylic acids is 4. The van der Waals surface area contributed by atoms with E-state index in [-0.39, 0.29) is 39.0 Å². The molecule has 8 rings (SSSR count). The fourth-order valence-corrected chi connectivity index (χ4v) is 9.55. The van der Waals surface area contributed by atoms with Gasteiger partial charge in [-0.3, -0.25) is 24.0 Å². The number of hydroxylamine groups is 2. The quantitative estimate of drug-likeness (QED) is 0.212. The van der Waals surface area contributed by atoms with Crippen LogP contribution >= 0.6 is 0 Å². The molecule has 4 saturated heterocycles. The number of likely N-dealkylation sites (N-methyl/N-ethyl adjacent to an activating group) is 1. The van der Waals surface area contributed by atoms with Gasteiger partial charge in [0.15, 0.2) is 6.04 Å². The fourth-order valence-electron chi connectivity index (χ4n) is 9.55. The summed E-state index contributed by atoms with van der Waals surface area (Å²) in [6, 6.07) is 14.3. The van der Waals surface area contributed by atoms with Crippen LogP contribution in [0.1, 0.15) is 76.0 Å². The van der Waals surface area contributed by atoms with Gasteiger partial charge in [0.2, 0.25) is 11.8 Å². The smallest absolute Gasteiger partial charge is 0.327 e. The Hall–Kier alpha value is -4.18. The van der Waals surface area contributed by atoms with Crippen molar-refractivity contribution in [3.8, 4) is 0 Å². The molecule has 312 valence electrons. The van der Waals surface area contributed by atoms with Gasteiger partial charge in [-0.1, -0.05) is 66.7 Å². The molecule has 2 bridgehead atoms. The zero-order valence-corrected chi connectivity index (χ0v) is 33.6. The summed E-state index contributed by atoms with van der Waals surface area (Å²) in [5.41, 5.74) is 0.535. The van der Waals surface area contributed by atoms with E-state index in [2.05, 4.69) is 23.5 Å². The van der Waals surface area contributed by atoms with Crippen molar-refractivity contribution in [1.82, 2.24) is 15.3 Å². The minimum Gasteiger partial charge on any atom is -0.460 e. The number of fused-ring (bicyclic) bond motifs is 5. The zero-order chi connectivity index (χ0) is 40.8. The number of hydrogen-bond donors (Lipinski definition) is 2. The van der Waals surface area contributed by atoms with Crippen molar-refractivity contribution in [2.45, 2.75) is 133 Å². The number of amides is 2. The molecule has 58 heavy (non-hydrogen) atoms. The molecule has 2 aromatic rings. The summed E-state index contributed by atoms with van der Waals surface area (Å²) >= 11 is 0. The maximum absolute atomic E-state index is 15.4. The summed E-state index contributed by atoms with van der Waals surface area (Å²) in [6.07, 6.45) is 5.82. The fraction of sp³-hybridized carbons (Fsp3) is 0.591. The first-order valence-electron chi connectivity index (χ1n) is 20.6. The molecule has 4 aliphatic heterocycles. The van der Waals surface area contributed by atoms with E-state index in [9.17, 15) is 19.5 Å². The second-order valence-corrected chi connectivity index (χ2v) is 17.6. The van der Waals surface area contributed by atoms with E-state index < -0.39 is 83.9 Å². The lowest BCUT2D eigenvalue weighted by molar-refractivity contribution is -0.204. The van der Waals surface area contributed by atoms with Crippen molar-refractivity contribution in [2.24, 2.45) is 11.3 Å². The Morgan fingerprint density at radius 2 is 1.81 bits per heavy atom. The highest BCUT2D eigenvalue weighted by Gasteiger charge is 2.75. The van der Waals surface area contributed by atoms with Gasteiger partial charge in [-0.15, -0.1) is 0 Å². The average Bonchev–Trinajstić information content (AvgIpc) is 3.63. The lowest BCUT2D eigenvalue weighted by atomic mass is 9.62. The summed E-state index contributed by atoms with van der Waals surface area (Å²) < 4.78 is 29.1. The van der Waals surface area contributed by atoms with Crippen LogP contribution in [-0.4, -0.2) is 120 Å². The number of rotatable bonds is 14. The van der Waals surface area contributed by atoms with Crippen molar-refractivity contribution in [2.75, 3.05) is 20.4 Å². The summed E-state index contributed by atoms with van der Waals surface area (Å²) in [5.74, 6) is -1.57. The van der Waals surface area contributed by atoms with Gasteiger partial charge in [-0.25, -0.2) is 0 Å². The Kier molecular flexibility index (Phi) is 11.5. The Bertz CT molecular complexity index is 1880. The van der Waals surface area contributed by atoms with Crippen LogP contribution in [0.3, 0.4) is 0 Å². The Balaban J connectivity index is 1.05. The molecule has 14 nitrogen and oxygen atoms in total. The first-order valence-corrected chi connectivity index (χ1v) is 20.6. The molecule has 14 heteroatoms. The number of nitrogens with zero attached hydrogens (tertiary/aromatic N) is 2. The van der Waals surface area contributed by atoms with Gasteiger partial charge in [0.25, 0.3) is 0 Å². The van der Waals surface area contributed by atoms with Gasteiger partial charge in [-0.05, 0) is 69.1 Å². The monoisotopic (exact) mass is 801 g/mol. The highest BCUT2D eigenvalue weighted by Crippen LogP contribution is 2.56. The minimum absolute atomic E-state index is 0.0232. The minimum atomic E-state index is -1.48. The first kappa shape index (κ1) is 40.6. The molecule has 2 saturated carbocycles. The molecule has 0 radical (unpaired) electrons. The number of benzene rings is 2. The number of esters is 2. The van der Waals surface area contributed by atoms with E-state index in [1.165, 1.54) is 4.90 Å². The topological polar surface area (TPSA) is 166 Å². The van der Waals surface area contributed by atoms with Gasteiger partial charge in [0.05, 0.1) is 31.4 Å². The Labute approximate surface area is 339 Å². The third-order valence-electron chi connectivity index (χ3n) is 12.4. The summed E-state index contributed by atoms with van der Waals surface area (Å²) in [5, 5.41) is 14.7. The first-order chi connectivity index (χ1) is 27.8. The molecule has 0 aromatic heterocycles. The molecule has 0 spiro atoms. The molecule has 2 aliphatic carbocycles. The van der Waals surface area contributed by atoms with Crippen LogP contribution in [0.5, 0.6) is 0 Å². The van der Waals surface area contributed by atoms with E-state index in [0.717, 1.165) is 36.0 Å². The van der Waals surface area contributed by atoms with Gasteiger partial charge in [0, 0.05) is 26.3 Å². The van der Waals surface area contributed by atoms with E-state index >= 15 is 4.79 Å². The number of aliphatic hydroxyl groups is 1. The van der Waals surface area contributed by atoms with Gasteiger partial charge in [-0.2, -0.15) is 5.06 Å². The average molecular weight is 802 g/mol. The SMILES string of the molecule is CN(C(=O)C12CC3OC(=O)C1N(Cc1cccc(C=CC4CCC5OC5C4)c1)OC2C1OCOC31)C(Cc1ccccc1)C(=O)NC(CO)CCC(=O)OC(C)(C)C. The molecular formula is C44H55N3O11. The predicted molar refractivity (Wildman–Crippen MR) is 208 cm³/mol.